The summed E-state index contributed by atoms with van der Waals surface area (Å²) in [6.07, 6.45) is 1.50. The quantitative estimate of drug-likeness (QED) is 0.552. The molecule has 0 aromatic heterocycles. The molecule has 0 saturated carbocycles. The zero-order valence-electron chi connectivity index (χ0n) is 14.3. The van der Waals surface area contributed by atoms with Gasteiger partial charge in [0.1, 0.15) is 0 Å². The summed E-state index contributed by atoms with van der Waals surface area (Å²) in [5.74, 6) is -1.95. The van der Waals surface area contributed by atoms with Crippen LogP contribution in [-0.2, 0) is 19.1 Å². The molecule has 24 heavy (non-hydrogen) atoms. The number of carbonyl (C=O) groups excluding carboxylic acids is 1. The maximum Gasteiger partial charge on any atom is 0.350 e. The first-order valence-corrected chi connectivity index (χ1v) is 7.96. The lowest BCUT2D eigenvalue weighted by Gasteiger charge is -2.20. The summed E-state index contributed by atoms with van der Waals surface area (Å²) in [6, 6.07) is 8.82. The van der Waals surface area contributed by atoms with E-state index in [1.54, 1.807) is 37.3 Å². The molecule has 5 heteroatoms. The van der Waals surface area contributed by atoms with Crippen LogP contribution in [0.1, 0.15) is 44.8 Å². The molecule has 1 aromatic carbocycles. The fourth-order valence-corrected chi connectivity index (χ4v) is 2.28. The average Bonchev–Trinajstić information content (AvgIpc) is 2.58. The number of aliphatic carboxylic acids is 1. The number of carboxylic acids is 1. The second-order valence-corrected chi connectivity index (χ2v) is 5.24. The monoisotopic (exact) mass is 332 g/mol. The molecule has 5 nitrogen and oxygen atoms in total. The molecular weight excluding hydrogens is 308 g/mol. The number of hydrogen-bond donors (Lipinski definition) is 1. The van der Waals surface area contributed by atoms with Gasteiger partial charge in [0.15, 0.2) is 6.10 Å². The average molecular weight is 332 g/mol. The van der Waals surface area contributed by atoms with E-state index in [4.69, 9.17) is 9.47 Å². The van der Waals surface area contributed by atoms with E-state index in [0.29, 0.717) is 17.6 Å². The highest BCUT2D eigenvalue weighted by molar-refractivity contribution is 5.83. The lowest BCUT2D eigenvalue weighted by atomic mass is 10.0. The van der Waals surface area contributed by atoms with Gasteiger partial charge in [0, 0.05) is 12.7 Å². The summed E-state index contributed by atoms with van der Waals surface area (Å²) in [5, 5.41) is 9.45. The maximum absolute atomic E-state index is 12.4. The van der Waals surface area contributed by atoms with Crippen LogP contribution in [0.15, 0.2) is 47.7 Å². The van der Waals surface area contributed by atoms with Crippen LogP contribution in [0.4, 0.5) is 0 Å². The Balaban J connectivity index is 3.00. The lowest BCUT2D eigenvalue weighted by molar-refractivity contribution is -0.169. The fraction of sp³-hybridized carbons (Fsp3) is 0.421. The van der Waals surface area contributed by atoms with Crippen LogP contribution in [-0.4, -0.2) is 30.3 Å². The number of rotatable bonds is 9. The van der Waals surface area contributed by atoms with E-state index >= 15 is 0 Å². The van der Waals surface area contributed by atoms with Gasteiger partial charge in [-0.1, -0.05) is 43.7 Å². The summed E-state index contributed by atoms with van der Waals surface area (Å²) in [5.41, 5.74) is 3.95. The Bertz CT molecular complexity index is 599. The molecule has 0 fully saturated rings. The molecule has 130 valence electrons. The number of methoxy groups -OCH3 is 1. The minimum absolute atomic E-state index is 0.447. The molecular formula is C19H24O5. The third-order valence-electron chi connectivity index (χ3n) is 3.46. The standard InChI is InChI=1S/C19H24O5/c1-4-6-11-14(10-5-2)16(18(20)21)24-19(22)17(23-3)15-12-8-7-9-13-15/h5,7-9,12-13,16-17H,4,6,11H2,1-3H3,(H,20,21)/t10?,16-,17-/m1/s1. The van der Waals surface area contributed by atoms with Gasteiger partial charge >= 0.3 is 11.9 Å². The highest BCUT2D eigenvalue weighted by Crippen LogP contribution is 2.22. The molecule has 0 aliphatic rings. The highest BCUT2D eigenvalue weighted by atomic mass is 16.6. The van der Waals surface area contributed by atoms with E-state index in [9.17, 15) is 14.7 Å². The molecule has 0 saturated heterocycles. The highest BCUT2D eigenvalue weighted by Gasteiger charge is 2.31. The van der Waals surface area contributed by atoms with E-state index in [0.717, 1.165) is 12.8 Å². The van der Waals surface area contributed by atoms with Crippen LogP contribution in [0.3, 0.4) is 0 Å². The third kappa shape index (κ3) is 5.69. The van der Waals surface area contributed by atoms with Crippen LogP contribution in [0.2, 0.25) is 0 Å². The van der Waals surface area contributed by atoms with Gasteiger partial charge in [-0.2, -0.15) is 0 Å². The number of unbranched alkanes of at least 4 members (excludes halogenated alkanes) is 1. The van der Waals surface area contributed by atoms with Gasteiger partial charge in [-0.05, 0) is 31.4 Å². The van der Waals surface area contributed by atoms with Crippen molar-refractivity contribution >= 4 is 11.9 Å². The molecule has 0 amide bonds. The van der Waals surface area contributed by atoms with Crippen molar-refractivity contribution in [1.29, 1.82) is 0 Å². The van der Waals surface area contributed by atoms with E-state index in [1.165, 1.54) is 7.11 Å². The van der Waals surface area contributed by atoms with Crippen molar-refractivity contribution in [2.24, 2.45) is 0 Å². The van der Waals surface area contributed by atoms with Crippen molar-refractivity contribution in [3.63, 3.8) is 0 Å². The van der Waals surface area contributed by atoms with Crippen molar-refractivity contribution < 1.29 is 24.2 Å². The molecule has 0 spiro atoms. The van der Waals surface area contributed by atoms with Gasteiger partial charge < -0.3 is 14.6 Å². The van der Waals surface area contributed by atoms with E-state index < -0.39 is 24.1 Å². The van der Waals surface area contributed by atoms with Crippen molar-refractivity contribution in [2.75, 3.05) is 7.11 Å². The molecule has 0 aliphatic heterocycles. The smallest absolute Gasteiger partial charge is 0.350 e. The SMILES string of the molecule is CC=C=C(CCCC)[C@@H](OC(=O)[C@H](OC)c1ccccc1)C(=O)O. The first-order valence-electron chi connectivity index (χ1n) is 7.96. The maximum atomic E-state index is 12.4. The Morgan fingerprint density at radius 1 is 1.29 bits per heavy atom. The lowest BCUT2D eigenvalue weighted by Crippen LogP contribution is -2.31. The van der Waals surface area contributed by atoms with Crippen LogP contribution in [0.5, 0.6) is 0 Å². The minimum atomic E-state index is -1.36. The molecule has 0 unspecified atom stereocenters. The van der Waals surface area contributed by atoms with Crippen LogP contribution >= 0.6 is 0 Å². The van der Waals surface area contributed by atoms with Gasteiger partial charge in [0.2, 0.25) is 6.10 Å². The van der Waals surface area contributed by atoms with Crippen molar-refractivity contribution in [3.05, 3.63) is 53.3 Å². The predicted octanol–water partition coefficient (Wildman–Crippen LogP) is 3.66. The number of esters is 1. The Labute approximate surface area is 142 Å². The first-order chi connectivity index (χ1) is 11.5. The summed E-state index contributed by atoms with van der Waals surface area (Å²) < 4.78 is 10.4. The zero-order chi connectivity index (χ0) is 17.9. The predicted molar refractivity (Wildman–Crippen MR) is 90.5 cm³/mol. The van der Waals surface area contributed by atoms with E-state index in [1.807, 2.05) is 13.0 Å². The Kier molecular flexibility index (Phi) is 8.55. The van der Waals surface area contributed by atoms with E-state index in [-0.39, 0.29) is 0 Å². The van der Waals surface area contributed by atoms with Gasteiger partial charge in [-0.3, -0.25) is 0 Å². The number of carbonyl (C=O) groups is 2. The Morgan fingerprint density at radius 2 is 1.96 bits per heavy atom. The third-order valence-corrected chi connectivity index (χ3v) is 3.46. The number of ether oxygens (including phenoxy) is 2. The van der Waals surface area contributed by atoms with Gasteiger partial charge in [-0.25, -0.2) is 9.59 Å². The molecule has 0 bridgehead atoms. The summed E-state index contributed by atoms with van der Waals surface area (Å²) in [7, 11) is 1.38. The van der Waals surface area contributed by atoms with Crippen LogP contribution in [0.25, 0.3) is 0 Å². The molecule has 0 radical (unpaired) electrons. The number of benzene rings is 1. The van der Waals surface area contributed by atoms with Crippen LogP contribution < -0.4 is 0 Å². The van der Waals surface area contributed by atoms with Gasteiger partial charge in [0.05, 0.1) is 0 Å². The number of carboxylic acid groups (broad SMARTS) is 1. The second kappa shape index (κ2) is 10.4. The summed E-state index contributed by atoms with van der Waals surface area (Å²) in [6.45, 7) is 3.75. The molecule has 0 heterocycles. The van der Waals surface area contributed by atoms with Gasteiger partial charge in [-0.15, -0.1) is 5.73 Å². The second-order valence-electron chi connectivity index (χ2n) is 5.24. The van der Waals surface area contributed by atoms with Crippen molar-refractivity contribution in [2.45, 2.75) is 45.3 Å². The normalized spacial score (nSPS) is 12.6. The summed E-state index contributed by atoms with van der Waals surface area (Å²) in [4.78, 5) is 24.0. The van der Waals surface area contributed by atoms with Crippen molar-refractivity contribution in [1.82, 2.24) is 0 Å². The molecule has 2 atom stereocenters. The largest absolute Gasteiger partial charge is 0.478 e. The topological polar surface area (TPSA) is 72.8 Å². The minimum Gasteiger partial charge on any atom is -0.478 e. The fourth-order valence-electron chi connectivity index (χ4n) is 2.28. The molecule has 1 rings (SSSR count). The Hall–Kier alpha value is -2.36. The van der Waals surface area contributed by atoms with Crippen molar-refractivity contribution in [3.8, 4) is 0 Å². The van der Waals surface area contributed by atoms with Gasteiger partial charge in [0.25, 0.3) is 0 Å². The molecule has 0 aliphatic carbocycles. The summed E-state index contributed by atoms with van der Waals surface area (Å²) >= 11 is 0. The van der Waals surface area contributed by atoms with E-state index in [2.05, 4.69) is 5.73 Å². The first kappa shape index (κ1) is 19.7. The molecule has 1 N–H and O–H groups in total. The van der Waals surface area contributed by atoms with Crippen LogP contribution in [0, 0.1) is 0 Å². The molecule has 1 aromatic rings. The zero-order valence-corrected chi connectivity index (χ0v) is 14.3. The Morgan fingerprint density at radius 3 is 2.46 bits per heavy atom. The number of hydrogen-bond acceptors (Lipinski definition) is 4.